The van der Waals surface area contributed by atoms with Gasteiger partial charge in [-0.15, -0.1) is 0 Å². The lowest BCUT2D eigenvalue weighted by molar-refractivity contribution is -0.0136. The quantitative estimate of drug-likeness (QED) is 0.574. The Hall–Kier alpha value is -2.33. The van der Waals surface area contributed by atoms with E-state index in [4.69, 9.17) is 21.1 Å². The Balaban J connectivity index is 1.64. The van der Waals surface area contributed by atoms with Crippen molar-refractivity contribution in [2.45, 2.75) is 57.4 Å². The molecule has 0 spiro atoms. The summed E-state index contributed by atoms with van der Waals surface area (Å²) >= 11 is 6.51. The molecule has 2 N–H and O–H groups in total. The molecule has 1 aromatic carbocycles. The number of aryl methyl sites for hydroxylation is 1. The number of benzene rings is 1. The second-order valence-corrected chi connectivity index (χ2v) is 9.17. The van der Waals surface area contributed by atoms with E-state index < -0.39 is 11.9 Å². The third-order valence-corrected chi connectivity index (χ3v) is 6.93. The van der Waals surface area contributed by atoms with Crippen molar-refractivity contribution in [3.05, 3.63) is 34.5 Å². The summed E-state index contributed by atoms with van der Waals surface area (Å²) in [5, 5.41) is 13.7. The lowest BCUT2D eigenvalue weighted by Crippen LogP contribution is -2.42. The van der Waals surface area contributed by atoms with Crippen molar-refractivity contribution < 1.29 is 19.0 Å². The molecule has 0 amide bonds. The maximum absolute atomic E-state index is 15.4. The summed E-state index contributed by atoms with van der Waals surface area (Å²) in [7, 11) is 1.62. The van der Waals surface area contributed by atoms with Crippen LogP contribution in [-0.2, 0) is 15.9 Å². The van der Waals surface area contributed by atoms with E-state index in [0.29, 0.717) is 46.6 Å². The first-order valence-corrected chi connectivity index (χ1v) is 11.6. The van der Waals surface area contributed by atoms with Crippen LogP contribution in [-0.4, -0.2) is 57.1 Å². The van der Waals surface area contributed by atoms with Crippen molar-refractivity contribution in [2.75, 3.05) is 25.6 Å². The van der Waals surface area contributed by atoms with Crippen LogP contribution in [0.1, 0.15) is 50.2 Å². The Bertz CT molecular complexity index is 1200. The first kappa shape index (κ1) is 22.5. The molecule has 4 atom stereocenters. The van der Waals surface area contributed by atoms with E-state index >= 15 is 4.39 Å². The Kier molecular flexibility index (Phi) is 5.98. The topological polar surface area (TPSA) is 94.3 Å². The monoisotopic (exact) mass is 475 g/mol. The van der Waals surface area contributed by atoms with E-state index in [1.807, 2.05) is 6.92 Å². The van der Waals surface area contributed by atoms with Gasteiger partial charge in [0.2, 0.25) is 5.95 Å². The number of hydrogen-bond donors (Lipinski definition) is 2. The van der Waals surface area contributed by atoms with Crippen molar-refractivity contribution in [2.24, 2.45) is 0 Å². The molecule has 33 heavy (non-hydrogen) atoms. The molecule has 8 nitrogen and oxygen atoms in total. The van der Waals surface area contributed by atoms with Gasteiger partial charge in [-0.25, -0.2) is 19.3 Å². The molecule has 10 heteroatoms. The molecule has 2 aliphatic heterocycles. The van der Waals surface area contributed by atoms with Crippen LogP contribution >= 0.6 is 11.6 Å². The molecule has 0 aliphatic carbocycles. The second-order valence-electron chi connectivity index (χ2n) is 8.76. The van der Waals surface area contributed by atoms with E-state index in [2.05, 4.69) is 31.8 Å². The summed E-state index contributed by atoms with van der Waals surface area (Å²) in [6.45, 7) is 4.83. The number of hydrogen-bond acceptors (Lipinski definition) is 7. The van der Waals surface area contributed by atoms with Gasteiger partial charge in [0.05, 0.1) is 41.2 Å². The van der Waals surface area contributed by atoms with Crippen LogP contribution in [0.3, 0.4) is 0 Å². The van der Waals surface area contributed by atoms with E-state index in [-0.39, 0.29) is 24.8 Å². The van der Waals surface area contributed by atoms with Gasteiger partial charge in [-0.3, -0.25) is 0 Å². The van der Waals surface area contributed by atoms with Crippen molar-refractivity contribution in [3.63, 3.8) is 0 Å². The van der Waals surface area contributed by atoms with Gasteiger partial charge in [-0.2, -0.15) is 0 Å². The van der Waals surface area contributed by atoms with Crippen LogP contribution in [0.25, 0.3) is 22.3 Å². The molecule has 176 valence electrons. The first-order valence-electron chi connectivity index (χ1n) is 11.2. The summed E-state index contributed by atoms with van der Waals surface area (Å²) in [4.78, 5) is 13.5. The van der Waals surface area contributed by atoms with E-state index in [0.717, 1.165) is 23.9 Å². The fourth-order valence-electron chi connectivity index (χ4n) is 4.78. The Morgan fingerprint density at radius 3 is 2.94 bits per heavy atom. The van der Waals surface area contributed by atoms with Crippen molar-refractivity contribution in [1.29, 1.82) is 0 Å². The summed E-state index contributed by atoms with van der Waals surface area (Å²) < 4.78 is 28.2. The summed E-state index contributed by atoms with van der Waals surface area (Å²) in [6, 6.07) is 1.40. The van der Waals surface area contributed by atoms with Crippen LogP contribution < -0.4 is 5.32 Å². The van der Waals surface area contributed by atoms with Gasteiger partial charge in [0.15, 0.2) is 5.82 Å². The third kappa shape index (κ3) is 3.86. The molecule has 1 unspecified atom stereocenters. The fraction of sp³-hybridized carbons (Fsp3) is 0.522. The number of aliphatic hydroxyl groups excluding tert-OH is 1. The summed E-state index contributed by atoms with van der Waals surface area (Å²) in [5.74, 6) is 0.617. The Morgan fingerprint density at radius 1 is 1.36 bits per heavy atom. The lowest BCUT2D eigenvalue weighted by atomic mass is 9.93. The highest BCUT2D eigenvalue weighted by Gasteiger charge is 2.31. The standard InChI is InChI=1S/C23H27ClFN5O3/c1-11-4-5-13-14(8-16(25)20-21(13)30(11)22(28-20)12(2)32-3)19-15(24)9-26-23(29-19)27-17-6-7-33-10-18(17)31/h8-9,11-12,17-18,31H,4-7,10H2,1-3H3,(H,26,27,29)/t11-,12?,17+,18+/m0/s1. The maximum atomic E-state index is 15.4. The molecule has 0 bridgehead atoms. The zero-order chi connectivity index (χ0) is 23.3. The summed E-state index contributed by atoms with van der Waals surface area (Å²) in [5.41, 5.74) is 3.16. The van der Waals surface area contributed by atoms with Gasteiger partial charge >= 0.3 is 0 Å². The van der Waals surface area contributed by atoms with E-state index in [1.165, 1.54) is 12.3 Å². The van der Waals surface area contributed by atoms with Gasteiger partial charge in [0, 0.05) is 25.3 Å². The van der Waals surface area contributed by atoms with Gasteiger partial charge in [-0.1, -0.05) is 11.6 Å². The Morgan fingerprint density at radius 2 is 2.18 bits per heavy atom. The average Bonchev–Trinajstić information content (AvgIpc) is 3.22. The second kappa shape index (κ2) is 8.79. The van der Waals surface area contributed by atoms with E-state index in [1.54, 1.807) is 7.11 Å². The van der Waals surface area contributed by atoms with Crippen LogP contribution in [0.15, 0.2) is 12.3 Å². The van der Waals surface area contributed by atoms with E-state index in [9.17, 15) is 5.11 Å². The fourth-order valence-corrected chi connectivity index (χ4v) is 4.98. The van der Waals surface area contributed by atoms with Gasteiger partial charge in [-0.05, 0) is 44.7 Å². The molecule has 1 saturated heterocycles. The first-order chi connectivity index (χ1) is 15.9. The predicted molar refractivity (Wildman–Crippen MR) is 123 cm³/mol. The summed E-state index contributed by atoms with van der Waals surface area (Å²) in [6.07, 6.45) is 2.84. The molecule has 2 aromatic heterocycles. The lowest BCUT2D eigenvalue weighted by Gasteiger charge is -2.28. The van der Waals surface area contributed by atoms with Crippen LogP contribution in [0, 0.1) is 5.82 Å². The smallest absolute Gasteiger partial charge is 0.223 e. The molecule has 3 aromatic rings. The molecular formula is C23H27ClFN5O3. The minimum Gasteiger partial charge on any atom is -0.389 e. The molecule has 5 rings (SSSR count). The van der Waals surface area contributed by atoms with Gasteiger partial charge in [0.25, 0.3) is 0 Å². The van der Waals surface area contributed by atoms with Crippen LogP contribution in [0.5, 0.6) is 0 Å². The highest BCUT2D eigenvalue weighted by molar-refractivity contribution is 6.33. The van der Waals surface area contributed by atoms with Crippen LogP contribution in [0.4, 0.5) is 10.3 Å². The normalized spacial score (nSPS) is 23.6. The number of rotatable bonds is 5. The van der Waals surface area contributed by atoms with Crippen molar-refractivity contribution in [1.82, 2.24) is 19.5 Å². The molecular weight excluding hydrogens is 449 g/mol. The third-order valence-electron chi connectivity index (χ3n) is 6.66. The highest BCUT2D eigenvalue weighted by atomic mass is 35.5. The molecule has 0 saturated carbocycles. The van der Waals surface area contributed by atoms with Gasteiger partial charge < -0.3 is 24.5 Å². The molecule has 4 heterocycles. The largest absolute Gasteiger partial charge is 0.389 e. The van der Waals surface area contributed by atoms with Crippen molar-refractivity contribution >= 4 is 28.6 Å². The Labute approximate surface area is 196 Å². The van der Waals surface area contributed by atoms with Crippen LogP contribution in [0.2, 0.25) is 5.02 Å². The number of nitrogens with zero attached hydrogens (tertiary/aromatic N) is 4. The number of ether oxygens (including phenoxy) is 2. The average molecular weight is 476 g/mol. The maximum Gasteiger partial charge on any atom is 0.223 e. The minimum atomic E-state index is -0.659. The van der Waals surface area contributed by atoms with Gasteiger partial charge in [0.1, 0.15) is 17.4 Å². The number of methoxy groups -OCH3 is 1. The minimum absolute atomic E-state index is 0.165. The van der Waals surface area contributed by atoms with Crippen molar-refractivity contribution in [3.8, 4) is 11.3 Å². The number of halogens is 2. The number of nitrogens with one attached hydrogen (secondary N) is 1. The number of aliphatic hydroxyl groups is 1. The number of anilines is 1. The number of aromatic nitrogens is 4. The molecule has 0 radical (unpaired) electrons. The SMILES string of the molecule is COC(C)c1nc2c(F)cc(-c3nc(N[C@@H]4CCOC[C@H]4O)ncc3Cl)c3c2n1[C@@H](C)CC3. The molecule has 2 aliphatic rings. The number of imidazole rings is 1. The zero-order valence-corrected chi connectivity index (χ0v) is 19.6. The predicted octanol–water partition coefficient (Wildman–Crippen LogP) is 4.06. The zero-order valence-electron chi connectivity index (χ0n) is 18.8. The highest BCUT2D eigenvalue weighted by Crippen LogP contribution is 2.42. The molecule has 1 fully saturated rings.